The van der Waals surface area contributed by atoms with Crippen LogP contribution in [0.4, 0.5) is 0 Å². The van der Waals surface area contributed by atoms with Gasteiger partial charge >= 0.3 is 0 Å². The standard InChI is InChI=1S/C20H41N3OS/c1-8-9-17-16(14-22-23(17)10-11-24-7)20(5,6)12-15-13-21-18(25-15)19(2,3)4/h15-18,21-22H,8-14H2,1-7H3. The van der Waals surface area contributed by atoms with Crippen molar-refractivity contribution in [1.29, 1.82) is 0 Å². The molecule has 0 aliphatic carbocycles. The highest BCUT2D eigenvalue weighted by atomic mass is 32.2. The monoisotopic (exact) mass is 371 g/mol. The van der Waals surface area contributed by atoms with Gasteiger partial charge in [0.25, 0.3) is 0 Å². The van der Waals surface area contributed by atoms with E-state index in [1.54, 1.807) is 7.11 Å². The van der Waals surface area contributed by atoms with Crippen LogP contribution in [-0.2, 0) is 4.74 Å². The second-order valence-corrected chi connectivity index (χ2v) is 11.0. The molecule has 4 unspecified atom stereocenters. The summed E-state index contributed by atoms with van der Waals surface area (Å²) in [6.45, 7) is 18.4. The number of nitrogens with one attached hydrogen (secondary N) is 2. The molecule has 0 saturated carbocycles. The Bertz CT molecular complexity index is 410. The lowest BCUT2D eigenvalue weighted by Crippen LogP contribution is -2.43. The van der Waals surface area contributed by atoms with Gasteiger partial charge in [0.05, 0.1) is 12.0 Å². The van der Waals surface area contributed by atoms with E-state index in [9.17, 15) is 0 Å². The fourth-order valence-corrected chi connectivity index (χ4v) is 6.17. The quantitative estimate of drug-likeness (QED) is 0.680. The van der Waals surface area contributed by atoms with E-state index in [1.165, 1.54) is 19.3 Å². The Kier molecular flexibility index (Phi) is 7.67. The van der Waals surface area contributed by atoms with Gasteiger partial charge in [0.1, 0.15) is 0 Å². The van der Waals surface area contributed by atoms with Crippen LogP contribution in [0.2, 0.25) is 0 Å². The number of hydrazine groups is 1. The third kappa shape index (κ3) is 5.58. The molecule has 0 aromatic carbocycles. The van der Waals surface area contributed by atoms with Crippen LogP contribution in [0.3, 0.4) is 0 Å². The fraction of sp³-hybridized carbons (Fsp3) is 1.00. The first-order chi connectivity index (χ1) is 11.7. The van der Waals surface area contributed by atoms with Gasteiger partial charge in [-0.25, -0.2) is 5.01 Å². The Balaban J connectivity index is 1.98. The van der Waals surface area contributed by atoms with Crippen molar-refractivity contribution in [3.63, 3.8) is 0 Å². The lowest BCUT2D eigenvalue weighted by Gasteiger charge is -2.38. The number of thioether (sulfide) groups is 1. The van der Waals surface area contributed by atoms with E-state index >= 15 is 0 Å². The zero-order valence-corrected chi connectivity index (χ0v) is 18.3. The number of rotatable bonds is 8. The Labute approximate surface area is 160 Å². The molecule has 4 atom stereocenters. The highest BCUT2D eigenvalue weighted by molar-refractivity contribution is 8.00. The molecule has 2 aliphatic heterocycles. The lowest BCUT2D eigenvalue weighted by atomic mass is 9.71. The number of nitrogens with zero attached hydrogens (tertiary/aromatic N) is 1. The Morgan fingerprint density at radius 2 is 1.88 bits per heavy atom. The van der Waals surface area contributed by atoms with E-state index in [4.69, 9.17) is 4.74 Å². The molecular weight excluding hydrogens is 330 g/mol. The summed E-state index contributed by atoms with van der Waals surface area (Å²) in [4.78, 5) is 0. The van der Waals surface area contributed by atoms with Crippen LogP contribution in [0.5, 0.6) is 0 Å². The zero-order chi connectivity index (χ0) is 18.7. The molecule has 5 heteroatoms. The van der Waals surface area contributed by atoms with Crippen molar-refractivity contribution in [3.05, 3.63) is 0 Å². The second kappa shape index (κ2) is 8.92. The molecule has 2 saturated heterocycles. The third-order valence-corrected chi connectivity index (χ3v) is 7.77. The Morgan fingerprint density at radius 1 is 1.16 bits per heavy atom. The summed E-state index contributed by atoms with van der Waals surface area (Å²) in [6.07, 6.45) is 3.81. The van der Waals surface area contributed by atoms with Crippen LogP contribution >= 0.6 is 11.8 Å². The van der Waals surface area contributed by atoms with E-state index in [-0.39, 0.29) is 0 Å². The smallest absolute Gasteiger partial charge is 0.0603 e. The van der Waals surface area contributed by atoms with Gasteiger partial charge in [-0.05, 0) is 29.6 Å². The molecule has 0 bridgehead atoms. The van der Waals surface area contributed by atoms with E-state index in [2.05, 4.69) is 69.1 Å². The summed E-state index contributed by atoms with van der Waals surface area (Å²) in [6, 6.07) is 0.632. The largest absolute Gasteiger partial charge is 0.383 e. The van der Waals surface area contributed by atoms with Gasteiger partial charge in [0.2, 0.25) is 0 Å². The first-order valence-electron chi connectivity index (χ1n) is 10.1. The number of ether oxygens (including phenoxy) is 1. The summed E-state index contributed by atoms with van der Waals surface area (Å²) in [5.74, 6) is 0.707. The van der Waals surface area contributed by atoms with Gasteiger partial charge in [0.15, 0.2) is 0 Å². The molecule has 2 fully saturated rings. The van der Waals surface area contributed by atoms with Crippen LogP contribution in [0.25, 0.3) is 0 Å². The summed E-state index contributed by atoms with van der Waals surface area (Å²) >= 11 is 2.17. The lowest BCUT2D eigenvalue weighted by molar-refractivity contribution is 0.0796. The topological polar surface area (TPSA) is 36.5 Å². The molecule has 2 aliphatic rings. The van der Waals surface area contributed by atoms with Gasteiger partial charge in [0, 0.05) is 38.0 Å². The van der Waals surface area contributed by atoms with Gasteiger partial charge in [-0.15, -0.1) is 11.8 Å². The van der Waals surface area contributed by atoms with Crippen molar-refractivity contribution in [2.24, 2.45) is 16.7 Å². The summed E-state index contributed by atoms with van der Waals surface area (Å²) in [7, 11) is 1.79. The minimum absolute atomic E-state index is 0.334. The molecule has 0 aromatic heterocycles. The maximum atomic E-state index is 5.31. The molecule has 148 valence electrons. The van der Waals surface area contributed by atoms with Crippen molar-refractivity contribution in [2.75, 3.05) is 33.4 Å². The molecule has 4 nitrogen and oxygen atoms in total. The van der Waals surface area contributed by atoms with Gasteiger partial charge < -0.3 is 10.1 Å². The highest BCUT2D eigenvalue weighted by Crippen LogP contribution is 2.44. The van der Waals surface area contributed by atoms with Gasteiger partial charge in [-0.2, -0.15) is 0 Å². The van der Waals surface area contributed by atoms with Gasteiger partial charge in [-0.1, -0.05) is 48.0 Å². The summed E-state index contributed by atoms with van der Waals surface area (Å²) in [5, 5.41) is 7.52. The van der Waals surface area contributed by atoms with Crippen LogP contribution in [-0.4, -0.2) is 55.0 Å². The molecule has 2 N–H and O–H groups in total. The molecule has 2 rings (SSSR count). The maximum Gasteiger partial charge on any atom is 0.0603 e. The zero-order valence-electron chi connectivity index (χ0n) is 17.5. The molecule has 0 amide bonds. The van der Waals surface area contributed by atoms with E-state index in [0.717, 1.165) is 31.5 Å². The third-order valence-electron chi connectivity index (χ3n) is 5.90. The van der Waals surface area contributed by atoms with E-state index in [0.29, 0.717) is 28.2 Å². The molecular formula is C20H41N3OS. The minimum Gasteiger partial charge on any atom is -0.383 e. The average Bonchev–Trinajstić information content (AvgIpc) is 3.12. The summed E-state index contributed by atoms with van der Waals surface area (Å²) < 4.78 is 5.31. The summed E-state index contributed by atoms with van der Waals surface area (Å²) in [5.41, 5.74) is 4.35. The number of hydrogen-bond acceptors (Lipinski definition) is 5. The highest BCUT2D eigenvalue weighted by Gasteiger charge is 2.44. The Hall–Kier alpha value is 0.190. The second-order valence-electron chi connectivity index (χ2n) is 9.62. The maximum absolute atomic E-state index is 5.31. The molecule has 0 aromatic rings. The SMILES string of the molecule is CCCC1C(C(C)(C)CC2CNC(C(C)(C)C)S2)CNN1CCOC. The average molecular weight is 372 g/mol. The van der Waals surface area contributed by atoms with Crippen LogP contribution < -0.4 is 10.7 Å². The number of hydrogen-bond donors (Lipinski definition) is 2. The van der Waals surface area contributed by atoms with E-state index < -0.39 is 0 Å². The predicted molar refractivity (Wildman–Crippen MR) is 110 cm³/mol. The number of methoxy groups -OCH3 is 1. The molecule has 0 radical (unpaired) electrons. The van der Waals surface area contributed by atoms with Crippen molar-refractivity contribution in [1.82, 2.24) is 15.8 Å². The first kappa shape index (κ1) is 21.5. The van der Waals surface area contributed by atoms with Crippen molar-refractivity contribution in [3.8, 4) is 0 Å². The van der Waals surface area contributed by atoms with Crippen LogP contribution in [0, 0.1) is 16.7 Å². The van der Waals surface area contributed by atoms with Crippen molar-refractivity contribution >= 4 is 11.8 Å². The fourth-order valence-electron chi connectivity index (χ4n) is 4.47. The van der Waals surface area contributed by atoms with Crippen molar-refractivity contribution in [2.45, 2.75) is 77.5 Å². The van der Waals surface area contributed by atoms with Gasteiger partial charge in [-0.3, -0.25) is 5.43 Å². The molecule has 0 spiro atoms. The predicted octanol–water partition coefficient (Wildman–Crippen LogP) is 3.73. The van der Waals surface area contributed by atoms with E-state index in [1.807, 2.05) is 0 Å². The first-order valence-corrected chi connectivity index (χ1v) is 11.0. The Morgan fingerprint density at radius 3 is 2.44 bits per heavy atom. The van der Waals surface area contributed by atoms with Crippen LogP contribution in [0.1, 0.15) is 60.8 Å². The minimum atomic E-state index is 0.334. The molecule has 25 heavy (non-hydrogen) atoms. The molecule has 2 heterocycles. The van der Waals surface area contributed by atoms with Crippen LogP contribution in [0.15, 0.2) is 0 Å². The van der Waals surface area contributed by atoms with Crippen molar-refractivity contribution < 1.29 is 4.74 Å². The normalized spacial score (nSPS) is 31.8.